The maximum Gasteiger partial charge on any atom is 0.244 e. The van der Waals surface area contributed by atoms with Gasteiger partial charge in [0, 0.05) is 19.2 Å². The summed E-state index contributed by atoms with van der Waals surface area (Å²) in [4.78, 5) is 14.8. The molecule has 30 heavy (non-hydrogen) atoms. The van der Waals surface area contributed by atoms with Gasteiger partial charge in [-0.05, 0) is 67.3 Å². The second kappa shape index (κ2) is 11.4. The van der Waals surface area contributed by atoms with Crippen molar-refractivity contribution in [1.29, 1.82) is 0 Å². The Hall–Kier alpha value is -2.79. The maximum atomic E-state index is 12.3. The first kappa shape index (κ1) is 21.9. The summed E-state index contributed by atoms with van der Waals surface area (Å²) in [6, 6.07) is 14.0. The van der Waals surface area contributed by atoms with Crippen molar-refractivity contribution in [1.82, 2.24) is 10.2 Å². The zero-order valence-electron chi connectivity index (χ0n) is 18.0. The Labute approximate surface area is 179 Å². The Morgan fingerprint density at radius 2 is 1.87 bits per heavy atom. The molecule has 0 radical (unpaired) electrons. The van der Waals surface area contributed by atoms with E-state index in [0.717, 1.165) is 37.4 Å². The Kier molecular flexibility index (Phi) is 8.33. The van der Waals surface area contributed by atoms with Crippen LogP contribution in [0, 0.1) is 0 Å². The highest BCUT2D eigenvalue weighted by Crippen LogP contribution is 2.28. The van der Waals surface area contributed by atoms with Gasteiger partial charge in [-0.3, -0.25) is 9.69 Å². The minimum Gasteiger partial charge on any atom is -0.493 e. The Morgan fingerprint density at radius 3 is 2.60 bits per heavy atom. The van der Waals surface area contributed by atoms with Gasteiger partial charge in [0.1, 0.15) is 0 Å². The summed E-state index contributed by atoms with van der Waals surface area (Å²) in [5.74, 6) is 1.27. The van der Waals surface area contributed by atoms with Crippen LogP contribution in [0.15, 0.2) is 48.5 Å². The second-order valence-corrected chi connectivity index (χ2v) is 7.56. The first-order valence-electron chi connectivity index (χ1n) is 10.8. The van der Waals surface area contributed by atoms with Crippen LogP contribution in [0.5, 0.6) is 11.5 Å². The van der Waals surface area contributed by atoms with E-state index in [-0.39, 0.29) is 5.91 Å². The van der Waals surface area contributed by atoms with Crippen LogP contribution in [-0.2, 0) is 17.9 Å². The molecule has 1 heterocycles. The first-order valence-corrected chi connectivity index (χ1v) is 10.8. The van der Waals surface area contributed by atoms with Crippen LogP contribution >= 0.6 is 0 Å². The molecule has 0 bridgehead atoms. The summed E-state index contributed by atoms with van der Waals surface area (Å²) in [5.41, 5.74) is 3.35. The van der Waals surface area contributed by atoms with Crippen LogP contribution in [0.4, 0.5) is 0 Å². The van der Waals surface area contributed by atoms with Crippen LogP contribution in [-0.4, -0.2) is 37.6 Å². The monoisotopic (exact) mass is 408 g/mol. The summed E-state index contributed by atoms with van der Waals surface area (Å²) in [6.45, 7) is 6.51. The van der Waals surface area contributed by atoms with E-state index < -0.39 is 0 Å². The molecular weight excluding hydrogens is 376 g/mol. The molecule has 1 aliphatic heterocycles. The van der Waals surface area contributed by atoms with Crippen molar-refractivity contribution in [2.45, 2.75) is 39.3 Å². The fourth-order valence-corrected chi connectivity index (χ4v) is 3.60. The fraction of sp³-hybridized carbons (Fsp3) is 0.400. The molecule has 1 amide bonds. The van der Waals surface area contributed by atoms with Gasteiger partial charge in [0.25, 0.3) is 0 Å². The Balaban J connectivity index is 1.56. The number of amides is 1. The molecule has 5 nitrogen and oxygen atoms in total. The standard InChI is InChI=1S/C25H32N2O3/c1-3-16-30-23-12-10-20(17-24(23)29-2)11-13-25(28)26-18-21-8-4-5-9-22(21)19-27-14-6-7-15-27/h4-5,8-13,17H,3,6-7,14-16,18-19H2,1-2H3,(H,26,28)/b13-11+. The normalized spacial score (nSPS) is 14.2. The Morgan fingerprint density at radius 1 is 1.10 bits per heavy atom. The number of rotatable bonds is 10. The average molecular weight is 409 g/mol. The lowest BCUT2D eigenvalue weighted by atomic mass is 10.1. The van der Waals surface area contributed by atoms with Gasteiger partial charge in [-0.2, -0.15) is 0 Å². The van der Waals surface area contributed by atoms with Crippen molar-refractivity contribution in [2.75, 3.05) is 26.8 Å². The molecule has 1 aliphatic rings. The van der Waals surface area contributed by atoms with E-state index in [2.05, 4.69) is 35.3 Å². The summed E-state index contributed by atoms with van der Waals surface area (Å²) >= 11 is 0. The van der Waals surface area contributed by atoms with Gasteiger partial charge < -0.3 is 14.8 Å². The van der Waals surface area contributed by atoms with Crippen LogP contribution in [0.1, 0.15) is 42.9 Å². The number of hydrogen-bond acceptors (Lipinski definition) is 4. The van der Waals surface area contributed by atoms with E-state index in [9.17, 15) is 4.79 Å². The van der Waals surface area contributed by atoms with E-state index >= 15 is 0 Å². The summed E-state index contributed by atoms with van der Waals surface area (Å²) in [7, 11) is 1.62. The molecule has 0 unspecified atom stereocenters. The van der Waals surface area contributed by atoms with Crippen LogP contribution in [0.25, 0.3) is 6.08 Å². The number of likely N-dealkylation sites (tertiary alicyclic amines) is 1. The zero-order valence-corrected chi connectivity index (χ0v) is 18.0. The predicted octanol–water partition coefficient (Wildman–Crippen LogP) is 4.41. The van der Waals surface area contributed by atoms with Gasteiger partial charge in [0.2, 0.25) is 5.91 Å². The van der Waals surface area contributed by atoms with Crippen LogP contribution in [0.2, 0.25) is 0 Å². The van der Waals surface area contributed by atoms with Crippen LogP contribution < -0.4 is 14.8 Å². The molecule has 1 N–H and O–H groups in total. The largest absolute Gasteiger partial charge is 0.493 e. The minimum atomic E-state index is -0.115. The average Bonchev–Trinajstić information content (AvgIpc) is 3.29. The quantitative estimate of drug-likeness (QED) is 0.592. The van der Waals surface area contributed by atoms with Gasteiger partial charge in [-0.25, -0.2) is 0 Å². The zero-order chi connectivity index (χ0) is 21.2. The summed E-state index contributed by atoms with van der Waals surface area (Å²) in [5, 5.41) is 3.00. The molecule has 0 spiro atoms. The number of carbonyl (C=O) groups is 1. The predicted molar refractivity (Wildman–Crippen MR) is 121 cm³/mol. The molecule has 160 valence electrons. The van der Waals surface area contributed by atoms with Gasteiger partial charge in [0.05, 0.1) is 13.7 Å². The number of nitrogens with one attached hydrogen (secondary N) is 1. The maximum absolute atomic E-state index is 12.3. The smallest absolute Gasteiger partial charge is 0.244 e. The van der Waals surface area contributed by atoms with E-state index in [1.165, 1.54) is 24.0 Å². The highest BCUT2D eigenvalue weighted by molar-refractivity contribution is 5.91. The number of ether oxygens (including phenoxy) is 2. The molecule has 3 rings (SSSR count). The topological polar surface area (TPSA) is 50.8 Å². The van der Waals surface area contributed by atoms with E-state index in [4.69, 9.17) is 9.47 Å². The third-order valence-corrected chi connectivity index (χ3v) is 5.24. The lowest BCUT2D eigenvalue weighted by Gasteiger charge is -2.17. The van der Waals surface area contributed by atoms with Gasteiger partial charge >= 0.3 is 0 Å². The molecule has 5 heteroatoms. The first-order chi connectivity index (χ1) is 14.7. The number of benzene rings is 2. The summed E-state index contributed by atoms with van der Waals surface area (Å²) < 4.78 is 11.1. The molecule has 0 aromatic heterocycles. The van der Waals surface area contributed by atoms with Crippen molar-refractivity contribution in [3.05, 3.63) is 65.2 Å². The molecule has 2 aromatic carbocycles. The molecule has 0 saturated carbocycles. The highest BCUT2D eigenvalue weighted by atomic mass is 16.5. The third kappa shape index (κ3) is 6.36. The molecule has 1 fully saturated rings. The SMILES string of the molecule is CCCOc1ccc(/C=C/C(=O)NCc2ccccc2CN2CCCC2)cc1OC. The number of carbonyl (C=O) groups excluding carboxylic acids is 1. The van der Waals surface area contributed by atoms with Gasteiger partial charge in [-0.1, -0.05) is 37.3 Å². The van der Waals surface area contributed by atoms with Crippen molar-refractivity contribution in [3.63, 3.8) is 0 Å². The summed E-state index contributed by atoms with van der Waals surface area (Å²) in [6.07, 6.45) is 6.84. The molecule has 0 aliphatic carbocycles. The Bertz CT molecular complexity index is 857. The van der Waals surface area contributed by atoms with E-state index in [1.807, 2.05) is 24.3 Å². The van der Waals surface area contributed by atoms with Crippen molar-refractivity contribution in [3.8, 4) is 11.5 Å². The highest BCUT2D eigenvalue weighted by Gasteiger charge is 2.13. The van der Waals surface area contributed by atoms with Gasteiger partial charge in [0.15, 0.2) is 11.5 Å². The lowest BCUT2D eigenvalue weighted by molar-refractivity contribution is -0.116. The van der Waals surface area contributed by atoms with Crippen molar-refractivity contribution >= 4 is 12.0 Å². The molecule has 1 saturated heterocycles. The van der Waals surface area contributed by atoms with Crippen LogP contribution in [0.3, 0.4) is 0 Å². The fourth-order valence-electron chi connectivity index (χ4n) is 3.60. The third-order valence-electron chi connectivity index (χ3n) is 5.24. The molecule has 2 aromatic rings. The van der Waals surface area contributed by atoms with Gasteiger partial charge in [-0.15, -0.1) is 0 Å². The molecule has 0 atom stereocenters. The number of methoxy groups -OCH3 is 1. The van der Waals surface area contributed by atoms with E-state index in [1.54, 1.807) is 19.3 Å². The van der Waals surface area contributed by atoms with Crippen molar-refractivity contribution in [2.24, 2.45) is 0 Å². The van der Waals surface area contributed by atoms with Crippen molar-refractivity contribution < 1.29 is 14.3 Å². The van der Waals surface area contributed by atoms with E-state index in [0.29, 0.717) is 18.9 Å². The minimum absolute atomic E-state index is 0.115. The second-order valence-electron chi connectivity index (χ2n) is 7.56. The number of hydrogen-bond donors (Lipinski definition) is 1. The number of nitrogens with zero attached hydrogens (tertiary/aromatic N) is 1. The molecular formula is C25H32N2O3. The lowest BCUT2D eigenvalue weighted by Crippen LogP contribution is -2.23.